The maximum atomic E-state index is 12.8. The molecule has 1 fully saturated rings. The molecule has 0 spiro atoms. The largest absolute Gasteiger partial charge is 0.478 e. The Labute approximate surface area is 205 Å². The molecule has 2 aliphatic heterocycles. The van der Waals surface area contributed by atoms with Crippen molar-refractivity contribution in [1.82, 2.24) is 9.80 Å². The number of amides is 3. The molecule has 0 N–H and O–H groups in total. The number of halogens is 2. The van der Waals surface area contributed by atoms with Gasteiger partial charge in [-0.2, -0.15) is 0 Å². The van der Waals surface area contributed by atoms with Crippen LogP contribution < -0.4 is 4.74 Å². The molecule has 2 aromatic carbocycles. The van der Waals surface area contributed by atoms with Crippen LogP contribution >= 0.6 is 35.0 Å². The van der Waals surface area contributed by atoms with Crippen LogP contribution in [0.3, 0.4) is 0 Å². The van der Waals surface area contributed by atoms with Crippen LogP contribution in [-0.2, 0) is 22.6 Å². The van der Waals surface area contributed by atoms with Crippen LogP contribution in [0.25, 0.3) is 6.08 Å². The number of hydrogen-bond acceptors (Lipinski definition) is 5. The van der Waals surface area contributed by atoms with Crippen molar-refractivity contribution in [2.24, 2.45) is 0 Å². The Morgan fingerprint density at radius 1 is 1.18 bits per heavy atom. The summed E-state index contributed by atoms with van der Waals surface area (Å²) in [6, 6.07) is 11.1. The van der Waals surface area contributed by atoms with Crippen molar-refractivity contribution in [1.29, 1.82) is 0 Å². The highest BCUT2D eigenvalue weighted by molar-refractivity contribution is 8.18. The summed E-state index contributed by atoms with van der Waals surface area (Å²) in [6.07, 6.45) is 7.44. The van der Waals surface area contributed by atoms with Crippen molar-refractivity contribution in [2.75, 3.05) is 19.7 Å². The number of terminal acetylenes is 1. The van der Waals surface area contributed by atoms with Gasteiger partial charge in [-0.25, -0.2) is 0 Å². The van der Waals surface area contributed by atoms with Gasteiger partial charge in [-0.15, -0.1) is 6.42 Å². The van der Waals surface area contributed by atoms with Crippen LogP contribution in [0.4, 0.5) is 4.79 Å². The van der Waals surface area contributed by atoms with Crippen molar-refractivity contribution < 1.29 is 19.1 Å². The zero-order valence-corrected chi connectivity index (χ0v) is 19.7. The maximum Gasteiger partial charge on any atom is 0.294 e. The summed E-state index contributed by atoms with van der Waals surface area (Å²) < 4.78 is 5.32. The lowest BCUT2D eigenvalue weighted by Gasteiger charge is -2.29. The molecule has 0 radical (unpaired) electrons. The number of benzene rings is 2. The highest BCUT2D eigenvalue weighted by Crippen LogP contribution is 2.37. The molecule has 2 aliphatic rings. The zero-order chi connectivity index (χ0) is 23.5. The summed E-state index contributed by atoms with van der Waals surface area (Å²) in [6.45, 7) is 0.720. The molecule has 0 unspecified atom stereocenters. The lowest BCUT2D eigenvalue weighted by Crippen LogP contribution is -2.44. The lowest BCUT2D eigenvalue weighted by molar-refractivity contribution is -0.136. The van der Waals surface area contributed by atoms with E-state index in [2.05, 4.69) is 5.92 Å². The number of ether oxygens (including phenoxy) is 1. The number of thioether (sulfide) groups is 1. The van der Waals surface area contributed by atoms with Crippen LogP contribution in [0, 0.1) is 12.3 Å². The van der Waals surface area contributed by atoms with Gasteiger partial charge < -0.3 is 9.64 Å². The quantitative estimate of drug-likeness (QED) is 0.442. The normalized spacial score (nSPS) is 16.7. The summed E-state index contributed by atoms with van der Waals surface area (Å²) in [5, 5.41) is -0.0456. The first kappa shape index (κ1) is 23.2. The fraction of sp³-hybridized carbons (Fsp3) is 0.208. The third-order valence-corrected chi connectivity index (χ3v) is 6.74. The fourth-order valence-electron chi connectivity index (χ4n) is 3.65. The third-order valence-electron chi connectivity index (χ3n) is 5.27. The fourth-order valence-corrected chi connectivity index (χ4v) is 5.10. The van der Waals surface area contributed by atoms with Crippen LogP contribution in [0.5, 0.6) is 5.75 Å². The van der Waals surface area contributed by atoms with Crippen LogP contribution in [-0.4, -0.2) is 46.5 Å². The van der Waals surface area contributed by atoms with Gasteiger partial charge in [0.2, 0.25) is 5.91 Å². The zero-order valence-electron chi connectivity index (χ0n) is 17.3. The first-order valence-corrected chi connectivity index (χ1v) is 11.6. The molecule has 0 atom stereocenters. The Morgan fingerprint density at radius 2 is 1.88 bits per heavy atom. The van der Waals surface area contributed by atoms with Gasteiger partial charge in [0.1, 0.15) is 13.2 Å². The Bertz CT molecular complexity index is 1200. The Balaban J connectivity index is 1.46. The standard InChI is InChI=1S/C24H18Cl2N2O4S/c1-2-9-32-22-18(25)10-15(11-19(22)26)12-20-23(30)28(24(31)33-20)14-21(29)27-8-7-16-5-3-4-6-17(16)13-27/h1,3-6,10-12H,7-9,13-14H2/b20-12-. The van der Waals surface area contributed by atoms with E-state index >= 15 is 0 Å². The molecule has 33 heavy (non-hydrogen) atoms. The number of carbonyl (C=O) groups excluding carboxylic acids is 3. The topological polar surface area (TPSA) is 66.9 Å². The Morgan fingerprint density at radius 3 is 2.58 bits per heavy atom. The van der Waals surface area contributed by atoms with E-state index in [1.54, 1.807) is 17.0 Å². The van der Waals surface area contributed by atoms with Gasteiger partial charge in [-0.05, 0) is 53.1 Å². The van der Waals surface area contributed by atoms with Gasteiger partial charge in [-0.3, -0.25) is 19.3 Å². The molecule has 4 rings (SSSR count). The average Bonchev–Trinajstić information content (AvgIpc) is 3.05. The first-order chi connectivity index (χ1) is 15.9. The molecule has 1 saturated heterocycles. The molecule has 2 heterocycles. The van der Waals surface area contributed by atoms with E-state index in [1.807, 2.05) is 24.3 Å². The van der Waals surface area contributed by atoms with E-state index in [4.69, 9.17) is 34.4 Å². The molecule has 2 aromatic rings. The summed E-state index contributed by atoms with van der Waals surface area (Å²) in [5.41, 5.74) is 2.81. The first-order valence-electron chi connectivity index (χ1n) is 10.0. The lowest BCUT2D eigenvalue weighted by atomic mass is 10.00. The predicted octanol–water partition coefficient (Wildman–Crippen LogP) is 4.63. The summed E-state index contributed by atoms with van der Waals surface area (Å²) in [4.78, 5) is 41.0. The highest BCUT2D eigenvalue weighted by atomic mass is 35.5. The summed E-state index contributed by atoms with van der Waals surface area (Å²) >= 11 is 13.2. The van der Waals surface area contributed by atoms with Crippen molar-refractivity contribution in [3.8, 4) is 18.1 Å². The molecular formula is C24H18Cl2N2O4S. The van der Waals surface area contributed by atoms with E-state index in [0.29, 0.717) is 18.7 Å². The van der Waals surface area contributed by atoms with Crippen molar-refractivity contribution >= 4 is 58.1 Å². The summed E-state index contributed by atoms with van der Waals surface area (Å²) in [5.74, 6) is 1.77. The molecule has 0 aliphatic carbocycles. The Hall–Kier alpha value is -2.92. The second-order valence-electron chi connectivity index (χ2n) is 7.41. The minimum atomic E-state index is -0.532. The minimum Gasteiger partial charge on any atom is -0.478 e. The molecule has 9 heteroatoms. The van der Waals surface area contributed by atoms with Crippen molar-refractivity contribution in [3.05, 3.63) is 68.0 Å². The van der Waals surface area contributed by atoms with E-state index in [0.717, 1.165) is 28.6 Å². The predicted molar refractivity (Wildman–Crippen MR) is 129 cm³/mol. The van der Waals surface area contributed by atoms with E-state index in [1.165, 1.54) is 11.6 Å². The van der Waals surface area contributed by atoms with Gasteiger partial charge in [-0.1, -0.05) is 53.4 Å². The van der Waals surface area contributed by atoms with E-state index in [9.17, 15) is 14.4 Å². The molecule has 0 saturated carbocycles. The smallest absolute Gasteiger partial charge is 0.294 e. The number of hydrogen-bond donors (Lipinski definition) is 0. The number of imide groups is 1. The average molecular weight is 501 g/mol. The Kier molecular flexibility index (Phi) is 6.99. The number of fused-ring (bicyclic) bond motifs is 1. The minimum absolute atomic E-state index is 0.00824. The van der Waals surface area contributed by atoms with Gasteiger partial charge in [0, 0.05) is 13.1 Å². The van der Waals surface area contributed by atoms with Gasteiger partial charge in [0.25, 0.3) is 11.1 Å². The SMILES string of the molecule is C#CCOc1c(Cl)cc(/C=C2\SC(=O)N(CC(=O)N3CCc4ccccc4C3)C2=O)cc1Cl. The van der Waals surface area contributed by atoms with Gasteiger partial charge in [0.05, 0.1) is 15.0 Å². The van der Waals surface area contributed by atoms with Crippen molar-refractivity contribution in [3.63, 3.8) is 0 Å². The molecule has 6 nitrogen and oxygen atoms in total. The molecule has 3 amide bonds. The molecule has 168 valence electrons. The third kappa shape index (κ3) is 5.03. The maximum absolute atomic E-state index is 12.8. The van der Waals surface area contributed by atoms with E-state index < -0.39 is 11.1 Å². The van der Waals surface area contributed by atoms with Crippen molar-refractivity contribution in [2.45, 2.75) is 13.0 Å². The second kappa shape index (κ2) is 9.92. The molecule has 0 aromatic heterocycles. The van der Waals surface area contributed by atoms with E-state index in [-0.39, 0.29) is 39.8 Å². The highest BCUT2D eigenvalue weighted by Gasteiger charge is 2.37. The van der Waals surface area contributed by atoms with Gasteiger partial charge >= 0.3 is 0 Å². The number of nitrogens with zero attached hydrogens (tertiary/aromatic N) is 2. The monoisotopic (exact) mass is 500 g/mol. The number of rotatable bonds is 5. The van der Waals surface area contributed by atoms with Gasteiger partial charge in [0.15, 0.2) is 5.75 Å². The summed E-state index contributed by atoms with van der Waals surface area (Å²) in [7, 11) is 0. The van der Waals surface area contributed by atoms with Crippen LogP contribution in [0.1, 0.15) is 16.7 Å². The number of carbonyl (C=O) groups is 3. The van der Waals surface area contributed by atoms with Crippen LogP contribution in [0.2, 0.25) is 10.0 Å². The van der Waals surface area contributed by atoms with Crippen LogP contribution in [0.15, 0.2) is 41.3 Å². The second-order valence-corrected chi connectivity index (χ2v) is 9.22. The molecular weight excluding hydrogens is 483 g/mol. The molecule has 0 bridgehead atoms.